The maximum absolute atomic E-state index is 9.47. The number of hydrogen-bond donors (Lipinski definition) is 2. The van der Waals surface area contributed by atoms with E-state index in [2.05, 4.69) is 5.16 Å². The number of benzene rings is 1. The number of rotatable bonds is 4. The molecule has 18 heavy (non-hydrogen) atoms. The fraction of sp³-hybridized carbons (Fsp3) is 0.500. The summed E-state index contributed by atoms with van der Waals surface area (Å²) in [6.45, 7) is 2.21. The van der Waals surface area contributed by atoms with Gasteiger partial charge in [-0.2, -0.15) is 0 Å². The van der Waals surface area contributed by atoms with E-state index in [4.69, 9.17) is 9.94 Å². The molecule has 0 saturated carbocycles. The van der Waals surface area contributed by atoms with Crippen LogP contribution in [0.1, 0.15) is 37.3 Å². The van der Waals surface area contributed by atoms with E-state index < -0.39 is 6.10 Å². The number of aliphatic hydroxyl groups excluding tert-OH is 1. The van der Waals surface area contributed by atoms with Gasteiger partial charge in [0.1, 0.15) is 12.4 Å². The summed E-state index contributed by atoms with van der Waals surface area (Å²) in [7, 11) is 0. The fourth-order valence-electron chi connectivity index (χ4n) is 2.13. The van der Waals surface area contributed by atoms with Gasteiger partial charge in [-0.15, -0.1) is 0 Å². The molecule has 1 aromatic carbocycles. The molecule has 0 spiro atoms. The third-order valence-electron chi connectivity index (χ3n) is 3.29. The van der Waals surface area contributed by atoms with Crippen LogP contribution in [-0.4, -0.2) is 28.7 Å². The van der Waals surface area contributed by atoms with Gasteiger partial charge >= 0.3 is 0 Å². The van der Waals surface area contributed by atoms with Gasteiger partial charge in [0.2, 0.25) is 0 Å². The average molecular weight is 249 g/mol. The van der Waals surface area contributed by atoms with Gasteiger partial charge in [-0.05, 0) is 43.4 Å². The Labute approximate surface area is 107 Å². The second-order valence-electron chi connectivity index (χ2n) is 4.59. The van der Waals surface area contributed by atoms with Crippen molar-refractivity contribution in [3.8, 4) is 5.75 Å². The van der Waals surface area contributed by atoms with Crippen molar-refractivity contribution in [1.29, 1.82) is 0 Å². The van der Waals surface area contributed by atoms with Crippen molar-refractivity contribution in [1.82, 2.24) is 0 Å². The molecule has 0 aliphatic heterocycles. The van der Waals surface area contributed by atoms with Crippen molar-refractivity contribution in [3.05, 3.63) is 29.3 Å². The number of aryl methyl sites for hydroxylation is 1. The lowest BCUT2D eigenvalue weighted by Gasteiger charge is -2.18. The first kappa shape index (κ1) is 12.9. The van der Waals surface area contributed by atoms with Crippen LogP contribution in [0.3, 0.4) is 0 Å². The molecule has 0 bridgehead atoms. The first-order valence-corrected chi connectivity index (χ1v) is 6.39. The summed E-state index contributed by atoms with van der Waals surface area (Å²) in [6, 6.07) is 5.81. The molecule has 4 heteroatoms. The molecule has 0 aromatic heterocycles. The molecule has 0 amide bonds. The highest BCUT2D eigenvalue weighted by Crippen LogP contribution is 2.26. The zero-order valence-corrected chi connectivity index (χ0v) is 10.6. The number of oxime groups is 1. The molecule has 1 aromatic rings. The van der Waals surface area contributed by atoms with Gasteiger partial charge in [-0.25, -0.2) is 0 Å². The number of fused-ring (bicyclic) bond motifs is 1. The normalized spacial score (nSPS) is 18.4. The summed E-state index contributed by atoms with van der Waals surface area (Å²) in [5.74, 6) is 0.712. The number of aliphatic hydroxyl groups is 1. The van der Waals surface area contributed by atoms with E-state index in [9.17, 15) is 5.11 Å². The Bertz CT molecular complexity index is 443. The summed E-state index contributed by atoms with van der Waals surface area (Å²) in [4.78, 5) is 0. The van der Waals surface area contributed by atoms with Crippen LogP contribution in [0.5, 0.6) is 5.75 Å². The van der Waals surface area contributed by atoms with E-state index >= 15 is 0 Å². The van der Waals surface area contributed by atoms with Gasteiger partial charge in [0.15, 0.2) is 0 Å². The Morgan fingerprint density at radius 1 is 1.39 bits per heavy atom. The van der Waals surface area contributed by atoms with E-state index in [-0.39, 0.29) is 0 Å². The molecule has 1 atom stereocenters. The number of ether oxygens (including phenoxy) is 1. The average Bonchev–Trinajstić information content (AvgIpc) is 2.43. The van der Waals surface area contributed by atoms with Crippen molar-refractivity contribution >= 4 is 5.71 Å². The lowest BCUT2D eigenvalue weighted by Crippen LogP contribution is -2.17. The summed E-state index contributed by atoms with van der Waals surface area (Å²) in [5.41, 5.74) is 2.88. The topological polar surface area (TPSA) is 62.0 Å². The number of nitrogens with zero attached hydrogens (tertiary/aromatic N) is 1. The summed E-state index contributed by atoms with van der Waals surface area (Å²) in [5, 5.41) is 21.8. The molecule has 98 valence electrons. The molecule has 0 fully saturated rings. The van der Waals surface area contributed by atoms with Gasteiger partial charge < -0.3 is 15.1 Å². The highest BCUT2D eigenvalue weighted by molar-refractivity contribution is 6.02. The zero-order valence-electron chi connectivity index (χ0n) is 10.6. The van der Waals surface area contributed by atoms with Crippen LogP contribution in [0.4, 0.5) is 0 Å². The second kappa shape index (κ2) is 5.87. The molecule has 1 unspecified atom stereocenters. The molecule has 2 rings (SSSR count). The minimum atomic E-state index is -0.438. The van der Waals surface area contributed by atoms with E-state index in [0.717, 1.165) is 30.5 Å². The van der Waals surface area contributed by atoms with Crippen LogP contribution in [0.2, 0.25) is 0 Å². The Kier molecular flexibility index (Phi) is 4.20. The van der Waals surface area contributed by atoms with E-state index in [1.165, 1.54) is 5.56 Å². The molecule has 0 heterocycles. The van der Waals surface area contributed by atoms with Crippen molar-refractivity contribution < 1.29 is 15.1 Å². The van der Waals surface area contributed by atoms with Crippen LogP contribution in [-0.2, 0) is 6.42 Å². The van der Waals surface area contributed by atoms with E-state index in [1.807, 2.05) is 25.1 Å². The molecule has 0 saturated heterocycles. The van der Waals surface area contributed by atoms with Gasteiger partial charge in [-0.1, -0.05) is 18.1 Å². The Balaban J connectivity index is 2.15. The predicted octanol–water partition coefficient (Wildman–Crippen LogP) is 2.35. The van der Waals surface area contributed by atoms with Gasteiger partial charge in [0.25, 0.3) is 0 Å². The van der Waals surface area contributed by atoms with Crippen LogP contribution >= 0.6 is 0 Å². The quantitative estimate of drug-likeness (QED) is 0.636. The van der Waals surface area contributed by atoms with Crippen LogP contribution in [0.25, 0.3) is 0 Å². The molecular formula is C14H19NO3. The van der Waals surface area contributed by atoms with E-state index in [0.29, 0.717) is 18.8 Å². The van der Waals surface area contributed by atoms with Gasteiger partial charge in [0, 0.05) is 5.56 Å². The summed E-state index contributed by atoms with van der Waals surface area (Å²) >= 11 is 0. The SMILES string of the molecule is CCC(O)COc1ccc2c(c1)/C(=N\O)CCC2. The van der Waals surface area contributed by atoms with Crippen LogP contribution < -0.4 is 4.74 Å². The minimum absolute atomic E-state index is 0.293. The van der Waals surface area contributed by atoms with Crippen LogP contribution in [0, 0.1) is 0 Å². The molecule has 4 nitrogen and oxygen atoms in total. The maximum Gasteiger partial charge on any atom is 0.120 e. The lowest BCUT2D eigenvalue weighted by atomic mass is 9.90. The Morgan fingerprint density at radius 2 is 2.22 bits per heavy atom. The van der Waals surface area contributed by atoms with Gasteiger partial charge in [0.05, 0.1) is 11.8 Å². The first-order valence-electron chi connectivity index (χ1n) is 6.39. The monoisotopic (exact) mass is 249 g/mol. The van der Waals surface area contributed by atoms with Crippen LogP contribution in [0.15, 0.2) is 23.4 Å². The van der Waals surface area contributed by atoms with Crippen molar-refractivity contribution in [2.24, 2.45) is 5.16 Å². The second-order valence-corrected chi connectivity index (χ2v) is 4.59. The molecular weight excluding hydrogens is 230 g/mol. The van der Waals surface area contributed by atoms with E-state index in [1.54, 1.807) is 0 Å². The third kappa shape index (κ3) is 2.82. The standard InChI is InChI=1S/C14H19NO3/c1-2-11(16)9-18-12-7-6-10-4-3-5-14(15-17)13(10)8-12/h6-8,11,16-17H,2-5,9H2,1H3/b15-14-. The summed E-state index contributed by atoms with van der Waals surface area (Å²) < 4.78 is 5.53. The highest BCUT2D eigenvalue weighted by Gasteiger charge is 2.16. The summed E-state index contributed by atoms with van der Waals surface area (Å²) in [6.07, 6.45) is 3.05. The first-order chi connectivity index (χ1) is 8.74. The molecule has 2 N–H and O–H groups in total. The molecule has 1 aliphatic rings. The molecule has 1 aliphatic carbocycles. The highest BCUT2D eigenvalue weighted by atomic mass is 16.5. The lowest BCUT2D eigenvalue weighted by molar-refractivity contribution is 0.104. The molecule has 0 radical (unpaired) electrons. The van der Waals surface area contributed by atoms with Gasteiger partial charge in [-0.3, -0.25) is 0 Å². The predicted molar refractivity (Wildman–Crippen MR) is 69.5 cm³/mol. The third-order valence-corrected chi connectivity index (χ3v) is 3.29. The largest absolute Gasteiger partial charge is 0.491 e. The smallest absolute Gasteiger partial charge is 0.120 e. The Hall–Kier alpha value is -1.55. The maximum atomic E-state index is 9.47. The van der Waals surface area contributed by atoms with Crippen molar-refractivity contribution in [3.63, 3.8) is 0 Å². The Morgan fingerprint density at radius 3 is 2.94 bits per heavy atom. The fourth-order valence-corrected chi connectivity index (χ4v) is 2.13. The minimum Gasteiger partial charge on any atom is -0.491 e. The zero-order chi connectivity index (χ0) is 13.0. The van der Waals surface area contributed by atoms with Crippen molar-refractivity contribution in [2.75, 3.05) is 6.61 Å². The van der Waals surface area contributed by atoms with Crippen molar-refractivity contribution in [2.45, 2.75) is 38.7 Å². The number of hydrogen-bond acceptors (Lipinski definition) is 4.